The standard InChI is InChI=1S/C13H19FN2/c1-3-9-15-10-11-16(4-2)13-7-5-12(14)6-8-13/h3,5-8,15H,1,4,9-11H2,2H3. The first-order chi connectivity index (χ1) is 7.77. The van der Waals surface area contributed by atoms with Crippen LogP contribution in [0.25, 0.3) is 0 Å². The maximum absolute atomic E-state index is 12.8. The summed E-state index contributed by atoms with van der Waals surface area (Å²) in [5.41, 5.74) is 1.06. The zero-order chi connectivity index (χ0) is 11.8. The normalized spacial score (nSPS) is 10.1. The smallest absolute Gasteiger partial charge is 0.123 e. The number of hydrogen-bond donors (Lipinski definition) is 1. The van der Waals surface area contributed by atoms with E-state index in [0.717, 1.165) is 31.9 Å². The molecule has 0 aromatic heterocycles. The molecule has 0 radical (unpaired) electrons. The molecule has 0 unspecified atom stereocenters. The van der Waals surface area contributed by atoms with Crippen molar-refractivity contribution < 1.29 is 4.39 Å². The summed E-state index contributed by atoms with van der Waals surface area (Å²) in [7, 11) is 0. The molecule has 0 bridgehead atoms. The summed E-state index contributed by atoms with van der Waals surface area (Å²) in [6, 6.07) is 6.61. The second-order valence-corrected chi connectivity index (χ2v) is 3.55. The van der Waals surface area contributed by atoms with E-state index in [9.17, 15) is 4.39 Å². The van der Waals surface area contributed by atoms with Crippen LogP contribution in [0, 0.1) is 5.82 Å². The Labute approximate surface area is 96.8 Å². The van der Waals surface area contributed by atoms with Gasteiger partial charge in [0.2, 0.25) is 0 Å². The number of nitrogens with one attached hydrogen (secondary N) is 1. The van der Waals surface area contributed by atoms with Crippen LogP contribution in [0.3, 0.4) is 0 Å². The highest BCUT2D eigenvalue weighted by Crippen LogP contribution is 2.13. The van der Waals surface area contributed by atoms with Crippen molar-refractivity contribution in [3.8, 4) is 0 Å². The van der Waals surface area contributed by atoms with E-state index in [4.69, 9.17) is 0 Å². The highest BCUT2D eigenvalue weighted by atomic mass is 19.1. The van der Waals surface area contributed by atoms with Crippen molar-refractivity contribution in [2.24, 2.45) is 0 Å². The molecular formula is C13H19FN2. The van der Waals surface area contributed by atoms with Gasteiger partial charge in [0.1, 0.15) is 5.82 Å². The molecule has 0 heterocycles. The first-order valence-corrected chi connectivity index (χ1v) is 5.60. The number of hydrogen-bond acceptors (Lipinski definition) is 2. The van der Waals surface area contributed by atoms with E-state index in [1.54, 1.807) is 0 Å². The van der Waals surface area contributed by atoms with Gasteiger partial charge in [0.15, 0.2) is 0 Å². The van der Waals surface area contributed by atoms with E-state index in [1.165, 1.54) is 12.1 Å². The Bertz CT molecular complexity index is 308. The molecule has 16 heavy (non-hydrogen) atoms. The maximum atomic E-state index is 12.8. The van der Waals surface area contributed by atoms with Crippen LogP contribution in [0.4, 0.5) is 10.1 Å². The molecule has 1 aromatic rings. The van der Waals surface area contributed by atoms with E-state index in [1.807, 2.05) is 18.2 Å². The first kappa shape index (κ1) is 12.7. The molecule has 0 saturated heterocycles. The summed E-state index contributed by atoms with van der Waals surface area (Å²) in [6.07, 6.45) is 1.84. The van der Waals surface area contributed by atoms with Gasteiger partial charge in [0, 0.05) is 31.9 Å². The molecule has 0 aliphatic carbocycles. The number of benzene rings is 1. The molecule has 0 spiro atoms. The molecular weight excluding hydrogens is 203 g/mol. The van der Waals surface area contributed by atoms with E-state index in [2.05, 4.69) is 23.7 Å². The third-order valence-electron chi connectivity index (χ3n) is 2.42. The van der Waals surface area contributed by atoms with E-state index in [0.29, 0.717) is 0 Å². The van der Waals surface area contributed by atoms with Gasteiger partial charge in [-0.05, 0) is 31.2 Å². The van der Waals surface area contributed by atoms with Crippen LogP contribution in [-0.4, -0.2) is 26.2 Å². The Hall–Kier alpha value is -1.35. The second kappa shape index (κ2) is 7.01. The van der Waals surface area contributed by atoms with Crippen LogP contribution < -0.4 is 10.2 Å². The van der Waals surface area contributed by atoms with Crippen LogP contribution in [-0.2, 0) is 0 Å². The van der Waals surface area contributed by atoms with Crippen LogP contribution in [0.2, 0.25) is 0 Å². The molecule has 0 aliphatic rings. The molecule has 1 aromatic carbocycles. The number of nitrogens with zero attached hydrogens (tertiary/aromatic N) is 1. The fourth-order valence-electron chi connectivity index (χ4n) is 1.54. The molecule has 1 rings (SSSR count). The number of likely N-dealkylation sites (N-methyl/N-ethyl adjacent to an activating group) is 1. The quantitative estimate of drug-likeness (QED) is 0.563. The highest BCUT2D eigenvalue weighted by Gasteiger charge is 2.03. The molecule has 0 atom stereocenters. The largest absolute Gasteiger partial charge is 0.371 e. The summed E-state index contributed by atoms with van der Waals surface area (Å²) in [6.45, 7) is 9.29. The van der Waals surface area contributed by atoms with Gasteiger partial charge in [-0.3, -0.25) is 0 Å². The number of rotatable bonds is 7. The maximum Gasteiger partial charge on any atom is 0.123 e. The lowest BCUT2D eigenvalue weighted by Crippen LogP contribution is -2.32. The Kier molecular flexibility index (Phi) is 5.57. The zero-order valence-electron chi connectivity index (χ0n) is 9.75. The topological polar surface area (TPSA) is 15.3 Å². The van der Waals surface area contributed by atoms with E-state index >= 15 is 0 Å². The predicted molar refractivity (Wildman–Crippen MR) is 67.4 cm³/mol. The SMILES string of the molecule is C=CCNCCN(CC)c1ccc(F)cc1. The monoisotopic (exact) mass is 222 g/mol. The molecule has 2 nitrogen and oxygen atoms in total. The van der Waals surface area contributed by atoms with Crippen molar-refractivity contribution in [3.05, 3.63) is 42.7 Å². The van der Waals surface area contributed by atoms with Crippen molar-refractivity contribution in [1.82, 2.24) is 5.32 Å². The second-order valence-electron chi connectivity index (χ2n) is 3.55. The molecule has 1 N–H and O–H groups in total. The minimum absolute atomic E-state index is 0.190. The lowest BCUT2D eigenvalue weighted by atomic mass is 10.3. The van der Waals surface area contributed by atoms with Gasteiger partial charge in [-0.2, -0.15) is 0 Å². The Morgan fingerprint density at radius 2 is 2.06 bits per heavy atom. The average molecular weight is 222 g/mol. The Morgan fingerprint density at radius 3 is 2.62 bits per heavy atom. The molecule has 0 aliphatic heterocycles. The summed E-state index contributed by atoms with van der Waals surface area (Å²) < 4.78 is 12.8. The Morgan fingerprint density at radius 1 is 1.38 bits per heavy atom. The van der Waals surface area contributed by atoms with Gasteiger partial charge >= 0.3 is 0 Å². The number of halogens is 1. The molecule has 0 amide bonds. The first-order valence-electron chi connectivity index (χ1n) is 5.60. The van der Waals surface area contributed by atoms with Crippen molar-refractivity contribution in [2.45, 2.75) is 6.92 Å². The van der Waals surface area contributed by atoms with Gasteiger partial charge in [0.05, 0.1) is 0 Å². The molecule has 3 heteroatoms. The fourth-order valence-corrected chi connectivity index (χ4v) is 1.54. The minimum atomic E-state index is -0.190. The highest BCUT2D eigenvalue weighted by molar-refractivity contribution is 5.46. The summed E-state index contributed by atoms with van der Waals surface area (Å²) >= 11 is 0. The van der Waals surface area contributed by atoms with E-state index in [-0.39, 0.29) is 5.82 Å². The third kappa shape index (κ3) is 4.03. The van der Waals surface area contributed by atoms with Gasteiger partial charge in [0.25, 0.3) is 0 Å². The van der Waals surface area contributed by atoms with E-state index < -0.39 is 0 Å². The summed E-state index contributed by atoms with van der Waals surface area (Å²) in [4.78, 5) is 2.20. The summed E-state index contributed by atoms with van der Waals surface area (Å²) in [5.74, 6) is -0.190. The van der Waals surface area contributed by atoms with Crippen molar-refractivity contribution in [3.63, 3.8) is 0 Å². The van der Waals surface area contributed by atoms with Gasteiger partial charge in [-0.25, -0.2) is 4.39 Å². The fraction of sp³-hybridized carbons (Fsp3) is 0.385. The predicted octanol–water partition coefficient (Wildman–Crippen LogP) is 2.43. The van der Waals surface area contributed by atoms with Gasteiger partial charge in [-0.15, -0.1) is 6.58 Å². The van der Waals surface area contributed by atoms with Crippen molar-refractivity contribution >= 4 is 5.69 Å². The third-order valence-corrected chi connectivity index (χ3v) is 2.42. The van der Waals surface area contributed by atoms with Gasteiger partial charge in [-0.1, -0.05) is 6.08 Å². The Balaban J connectivity index is 2.47. The van der Waals surface area contributed by atoms with Crippen LogP contribution >= 0.6 is 0 Å². The lowest BCUT2D eigenvalue weighted by Gasteiger charge is -2.23. The minimum Gasteiger partial charge on any atom is -0.371 e. The van der Waals surface area contributed by atoms with Crippen LogP contribution in [0.15, 0.2) is 36.9 Å². The zero-order valence-corrected chi connectivity index (χ0v) is 9.75. The average Bonchev–Trinajstić information content (AvgIpc) is 2.31. The van der Waals surface area contributed by atoms with Crippen LogP contribution in [0.1, 0.15) is 6.92 Å². The van der Waals surface area contributed by atoms with Crippen molar-refractivity contribution in [2.75, 3.05) is 31.1 Å². The summed E-state index contributed by atoms with van der Waals surface area (Å²) in [5, 5.41) is 3.25. The molecule has 0 fully saturated rings. The van der Waals surface area contributed by atoms with Crippen LogP contribution in [0.5, 0.6) is 0 Å². The van der Waals surface area contributed by atoms with Crippen molar-refractivity contribution in [1.29, 1.82) is 0 Å². The van der Waals surface area contributed by atoms with Gasteiger partial charge < -0.3 is 10.2 Å². The molecule has 88 valence electrons. The lowest BCUT2D eigenvalue weighted by molar-refractivity contribution is 0.627. The molecule has 0 saturated carbocycles. The number of anilines is 1.